The Kier molecular flexibility index (Phi) is 8.41. The minimum atomic E-state index is 0.826. The topological polar surface area (TPSA) is 0 Å². The van der Waals surface area contributed by atoms with Crippen LogP contribution in [0.3, 0.4) is 0 Å². The quantitative estimate of drug-likeness (QED) is 0.277. The van der Waals surface area contributed by atoms with Crippen LogP contribution in [-0.4, -0.2) is 0 Å². The molecule has 0 saturated carbocycles. The molecule has 1 aromatic carbocycles. The number of hydrogen-bond donors (Lipinski definition) is 0. The predicted octanol–water partition coefficient (Wildman–Crippen LogP) is 9.63. The molecule has 2 aromatic heterocycles. The molecule has 2 heteroatoms. The number of hydrogen-bond acceptors (Lipinski definition) is 2. The second kappa shape index (κ2) is 10.8. The Balaban J connectivity index is 2.01. The van der Waals surface area contributed by atoms with Crippen molar-refractivity contribution in [1.29, 1.82) is 0 Å². The summed E-state index contributed by atoms with van der Waals surface area (Å²) in [5.74, 6) is 1.65. The molecular weight excluding hydrogens is 376 g/mol. The molecule has 154 valence electrons. The highest BCUT2D eigenvalue weighted by molar-refractivity contribution is 7.19. The number of rotatable bonds is 12. The summed E-state index contributed by atoms with van der Waals surface area (Å²) in [7, 11) is 0. The zero-order valence-electron chi connectivity index (χ0n) is 18.4. The van der Waals surface area contributed by atoms with E-state index in [1.165, 1.54) is 64.2 Å². The van der Waals surface area contributed by atoms with Crippen molar-refractivity contribution >= 4 is 42.8 Å². The summed E-state index contributed by atoms with van der Waals surface area (Å²) in [6.45, 7) is 9.40. The SMILES string of the molecule is CCCCC(CC)Cc1c2ccsc2c(CC(CC)CCCC)c2ccsc12. The molecule has 0 aliphatic rings. The van der Waals surface area contributed by atoms with Crippen LogP contribution in [0.15, 0.2) is 22.9 Å². The van der Waals surface area contributed by atoms with Gasteiger partial charge in [0.2, 0.25) is 0 Å². The van der Waals surface area contributed by atoms with Gasteiger partial charge in [0.05, 0.1) is 0 Å². The molecule has 0 amide bonds. The molecule has 0 N–H and O–H groups in total. The summed E-state index contributed by atoms with van der Waals surface area (Å²) in [6.07, 6.45) is 13.2. The first kappa shape index (κ1) is 21.8. The minimum absolute atomic E-state index is 0.826. The van der Waals surface area contributed by atoms with Crippen molar-refractivity contribution in [3.8, 4) is 0 Å². The third kappa shape index (κ3) is 4.82. The van der Waals surface area contributed by atoms with Gasteiger partial charge in [-0.25, -0.2) is 0 Å². The van der Waals surface area contributed by atoms with Crippen LogP contribution < -0.4 is 0 Å². The van der Waals surface area contributed by atoms with Crippen LogP contribution >= 0.6 is 22.7 Å². The minimum Gasteiger partial charge on any atom is -0.143 e. The lowest BCUT2D eigenvalue weighted by molar-refractivity contribution is 0.450. The zero-order valence-corrected chi connectivity index (χ0v) is 20.0. The van der Waals surface area contributed by atoms with E-state index in [1.54, 1.807) is 31.3 Å². The van der Waals surface area contributed by atoms with Gasteiger partial charge in [0.25, 0.3) is 0 Å². The Morgan fingerprint density at radius 3 is 1.46 bits per heavy atom. The molecule has 2 unspecified atom stereocenters. The first-order chi connectivity index (χ1) is 13.7. The number of fused-ring (bicyclic) bond motifs is 2. The number of thiophene rings is 2. The Hall–Kier alpha value is -0.860. The molecule has 0 fully saturated rings. The highest BCUT2D eigenvalue weighted by Crippen LogP contribution is 2.41. The molecule has 2 heterocycles. The summed E-state index contributed by atoms with van der Waals surface area (Å²) in [6, 6.07) is 4.83. The second-order valence-electron chi connectivity index (χ2n) is 8.53. The summed E-state index contributed by atoms with van der Waals surface area (Å²) in [5, 5.41) is 7.80. The Bertz CT molecular complexity index is 735. The van der Waals surface area contributed by atoms with Crippen LogP contribution in [-0.2, 0) is 12.8 Å². The number of benzene rings is 1. The van der Waals surface area contributed by atoms with E-state index in [2.05, 4.69) is 50.6 Å². The van der Waals surface area contributed by atoms with Crippen molar-refractivity contribution in [2.75, 3.05) is 0 Å². The van der Waals surface area contributed by atoms with Gasteiger partial charge in [-0.1, -0.05) is 79.1 Å². The van der Waals surface area contributed by atoms with Crippen molar-refractivity contribution in [2.24, 2.45) is 11.8 Å². The third-order valence-electron chi connectivity index (χ3n) is 6.60. The van der Waals surface area contributed by atoms with Crippen LogP contribution in [0, 0.1) is 11.8 Å². The normalized spacial score (nSPS) is 14.1. The van der Waals surface area contributed by atoms with Gasteiger partial charge < -0.3 is 0 Å². The fraction of sp³-hybridized carbons (Fsp3) is 0.615. The van der Waals surface area contributed by atoms with E-state index in [4.69, 9.17) is 0 Å². The lowest BCUT2D eigenvalue weighted by atomic mass is 9.86. The van der Waals surface area contributed by atoms with Gasteiger partial charge in [0, 0.05) is 9.40 Å². The predicted molar refractivity (Wildman–Crippen MR) is 131 cm³/mol. The van der Waals surface area contributed by atoms with Gasteiger partial charge >= 0.3 is 0 Å². The van der Waals surface area contributed by atoms with E-state index < -0.39 is 0 Å². The monoisotopic (exact) mass is 414 g/mol. The summed E-state index contributed by atoms with van der Waals surface area (Å²) >= 11 is 3.96. The zero-order chi connectivity index (χ0) is 19.9. The highest BCUT2D eigenvalue weighted by Gasteiger charge is 2.20. The van der Waals surface area contributed by atoms with Crippen molar-refractivity contribution in [3.05, 3.63) is 34.0 Å². The Labute approximate surface area is 180 Å². The average molecular weight is 415 g/mol. The standard InChI is InChI=1S/C26H38S2/c1-5-9-11-19(7-3)17-23-21-13-15-28-26(21)24(22-14-16-27-25(22)23)18-20(8-4)12-10-6-2/h13-16,19-20H,5-12,17-18H2,1-4H3. The van der Waals surface area contributed by atoms with E-state index in [9.17, 15) is 0 Å². The van der Waals surface area contributed by atoms with Crippen molar-refractivity contribution < 1.29 is 0 Å². The maximum Gasteiger partial charge on any atom is 0.0384 e. The molecule has 0 radical (unpaired) electrons. The van der Waals surface area contributed by atoms with Gasteiger partial charge in [-0.3, -0.25) is 0 Å². The lowest BCUT2D eigenvalue weighted by Crippen LogP contribution is -2.06. The van der Waals surface area contributed by atoms with Crippen molar-refractivity contribution in [3.63, 3.8) is 0 Å². The second-order valence-corrected chi connectivity index (χ2v) is 10.4. The van der Waals surface area contributed by atoms with Gasteiger partial charge in [-0.2, -0.15) is 0 Å². The molecule has 0 nitrogen and oxygen atoms in total. The lowest BCUT2D eigenvalue weighted by Gasteiger charge is -2.20. The van der Waals surface area contributed by atoms with E-state index in [-0.39, 0.29) is 0 Å². The van der Waals surface area contributed by atoms with E-state index in [1.807, 2.05) is 22.7 Å². The molecule has 0 aliphatic carbocycles. The molecule has 0 spiro atoms. The van der Waals surface area contributed by atoms with E-state index in [0.29, 0.717) is 0 Å². The fourth-order valence-electron chi connectivity index (χ4n) is 4.68. The molecular formula is C26H38S2. The molecule has 2 atom stereocenters. The molecule has 0 aliphatic heterocycles. The molecule has 3 rings (SSSR count). The maximum absolute atomic E-state index is 2.41. The largest absolute Gasteiger partial charge is 0.143 e. The van der Waals surface area contributed by atoms with Gasteiger partial charge in [-0.15, -0.1) is 22.7 Å². The maximum atomic E-state index is 2.41. The van der Waals surface area contributed by atoms with E-state index >= 15 is 0 Å². The fourth-order valence-corrected chi connectivity index (χ4v) is 6.66. The van der Waals surface area contributed by atoms with Crippen molar-refractivity contribution in [1.82, 2.24) is 0 Å². The average Bonchev–Trinajstić information content (AvgIpc) is 3.39. The molecule has 0 bridgehead atoms. The van der Waals surface area contributed by atoms with Gasteiger partial charge in [0.15, 0.2) is 0 Å². The van der Waals surface area contributed by atoms with Crippen molar-refractivity contribution in [2.45, 2.75) is 91.9 Å². The van der Waals surface area contributed by atoms with Crippen LogP contribution in [0.2, 0.25) is 0 Å². The van der Waals surface area contributed by atoms with Crippen LogP contribution in [0.25, 0.3) is 20.2 Å². The Morgan fingerprint density at radius 1 is 0.679 bits per heavy atom. The smallest absolute Gasteiger partial charge is 0.0384 e. The Morgan fingerprint density at radius 2 is 1.11 bits per heavy atom. The van der Waals surface area contributed by atoms with Gasteiger partial charge in [-0.05, 0) is 69.5 Å². The number of unbranched alkanes of at least 4 members (excludes halogenated alkanes) is 2. The van der Waals surface area contributed by atoms with Crippen LogP contribution in [0.4, 0.5) is 0 Å². The first-order valence-electron chi connectivity index (χ1n) is 11.6. The molecule has 28 heavy (non-hydrogen) atoms. The molecule has 0 saturated heterocycles. The van der Waals surface area contributed by atoms with E-state index in [0.717, 1.165) is 11.8 Å². The molecule has 3 aromatic rings. The van der Waals surface area contributed by atoms with Gasteiger partial charge in [0.1, 0.15) is 0 Å². The first-order valence-corrected chi connectivity index (χ1v) is 13.4. The van der Waals surface area contributed by atoms with Crippen LogP contribution in [0.5, 0.6) is 0 Å². The highest BCUT2D eigenvalue weighted by atomic mass is 32.1. The third-order valence-corrected chi connectivity index (χ3v) is 8.55. The summed E-state index contributed by atoms with van der Waals surface area (Å²) in [4.78, 5) is 0. The van der Waals surface area contributed by atoms with Crippen LogP contribution in [0.1, 0.15) is 90.2 Å². The summed E-state index contributed by atoms with van der Waals surface area (Å²) in [5.41, 5.74) is 3.30. The summed E-state index contributed by atoms with van der Waals surface area (Å²) < 4.78 is 3.17.